The van der Waals surface area contributed by atoms with Crippen molar-refractivity contribution in [2.24, 2.45) is 5.41 Å². The number of cyclic esters (lactones) is 1. The molecule has 0 saturated carbocycles. The SMILES string of the molecule is CC1(C)COC(=O)N[C@H]1c1ccc(O)c([N+](=O)[O-])c1. The van der Waals surface area contributed by atoms with Crippen LogP contribution in [0.1, 0.15) is 25.5 Å². The van der Waals surface area contributed by atoms with Gasteiger partial charge in [0.15, 0.2) is 5.75 Å². The van der Waals surface area contributed by atoms with Gasteiger partial charge in [0.1, 0.15) is 6.61 Å². The number of alkyl carbamates (subject to hydrolysis) is 1. The second-order valence-electron chi connectivity index (χ2n) is 5.15. The summed E-state index contributed by atoms with van der Waals surface area (Å²) in [5.41, 5.74) is -0.223. The molecule has 7 heteroatoms. The van der Waals surface area contributed by atoms with Gasteiger partial charge in [-0.2, -0.15) is 0 Å². The summed E-state index contributed by atoms with van der Waals surface area (Å²) in [6, 6.07) is 3.67. The summed E-state index contributed by atoms with van der Waals surface area (Å²) in [7, 11) is 0. The van der Waals surface area contributed by atoms with E-state index in [0.29, 0.717) is 5.56 Å². The van der Waals surface area contributed by atoms with Crippen LogP contribution in [0.5, 0.6) is 5.75 Å². The molecule has 0 aliphatic carbocycles. The minimum absolute atomic E-state index is 0.220. The molecule has 1 heterocycles. The van der Waals surface area contributed by atoms with E-state index in [-0.39, 0.29) is 12.3 Å². The Morgan fingerprint density at radius 2 is 2.21 bits per heavy atom. The Bertz CT molecular complexity index is 541. The zero-order chi connectivity index (χ0) is 14.2. The second kappa shape index (κ2) is 4.42. The monoisotopic (exact) mass is 266 g/mol. The largest absolute Gasteiger partial charge is 0.502 e. The van der Waals surface area contributed by atoms with Gasteiger partial charge < -0.3 is 15.2 Å². The molecule has 102 valence electrons. The summed E-state index contributed by atoms with van der Waals surface area (Å²) in [6.07, 6.45) is -0.556. The molecule has 0 spiro atoms. The van der Waals surface area contributed by atoms with E-state index in [0.717, 1.165) is 0 Å². The fraction of sp³-hybridized carbons (Fsp3) is 0.417. The van der Waals surface area contributed by atoms with E-state index < -0.39 is 28.2 Å². The number of nitrogens with one attached hydrogen (secondary N) is 1. The number of hydrogen-bond donors (Lipinski definition) is 2. The van der Waals surface area contributed by atoms with E-state index in [1.54, 1.807) is 6.07 Å². The van der Waals surface area contributed by atoms with Gasteiger partial charge in [-0.05, 0) is 11.6 Å². The van der Waals surface area contributed by atoms with Crippen LogP contribution in [-0.4, -0.2) is 22.7 Å². The average Bonchev–Trinajstić information content (AvgIpc) is 2.33. The highest BCUT2D eigenvalue weighted by Crippen LogP contribution is 2.39. The Morgan fingerprint density at radius 3 is 2.84 bits per heavy atom. The van der Waals surface area contributed by atoms with Crippen molar-refractivity contribution in [2.75, 3.05) is 6.61 Å². The number of carbonyl (C=O) groups is 1. The lowest BCUT2D eigenvalue weighted by Crippen LogP contribution is -2.46. The normalized spacial score (nSPS) is 21.4. The molecule has 1 aromatic carbocycles. The molecule has 1 fully saturated rings. The van der Waals surface area contributed by atoms with Gasteiger partial charge in [0.25, 0.3) is 0 Å². The maximum absolute atomic E-state index is 11.3. The molecule has 1 aromatic rings. The zero-order valence-electron chi connectivity index (χ0n) is 10.5. The van der Waals surface area contributed by atoms with E-state index in [9.17, 15) is 20.0 Å². The summed E-state index contributed by atoms with van der Waals surface area (Å²) in [6.45, 7) is 3.99. The van der Waals surface area contributed by atoms with Crippen molar-refractivity contribution in [3.8, 4) is 5.75 Å². The van der Waals surface area contributed by atoms with Crippen LogP contribution in [0.15, 0.2) is 18.2 Å². The van der Waals surface area contributed by atoms with Crippen molar-refractivity contribution >= 4 is 11.8 Å². The fourth-order valence-corrected chi connectivity index (χ4v) is 2.09. The van der Waals surface area contributed by atoms with Crippen molar-refractivity contribution in [3.05, 3.63) is 33.9 Å². The lowest BCUT2D eigenvalue weighted by atomic mass is 9.80. The molecular weight excluding hydrogens is 252 g/mol. The average molecular weight is 266 g/mol. The van der Waals surface area contributed by atoms with Gasteiger partial charge in [0.05, 0.1) is 11.0 Å². The van der Waals surface area contributed by atoms with E-state index >= 15 is 0 Å². The van der Waals surface area contributed by atoms with Crippen LogP contribution >= 0.6 is 0 Å². The summed E-state index contributed by atoms with van der Waals surface area (Å²) < 4.78 is 4.91. The number of nitro groups is 1. The molecule has 2 N–H and O–H groups in total. The van der Waals surface area contributed by atoms with E-state index in [4.69, 9.17) is 4.74 Å². The van der Waals surface area contributed by atoms with Crippen molar-refractivity contribution < 1.29 is 19.6 Å². The Labute approximate surface area is 109 Å². The van der Waals surface area contributed by atoms with Gasteiger partial charge in [0.2, 0.25) is 0 Å². The molecule has 2 rings (SSSR count). The number of hydrogen-bond acceptors (Lipinski definition) is 5. The smallest absolute Gasteiger partial charge is 0.407 e. The third-order valence-corrected chi connectivity index (χ3v) is 3.15. The van der Waals surface area contributed by atoms with Crippen LogP contribution in [0.2, 0.25) is 0 Å². The predicted octanol–water partition coefficient (Wildman–Crippen LogP) is 2.11. The molecule has 1 aliphatic rings. The molecular formula is C12H14N2O5. The highest BCUT2D eigenvalue weighted by molar-refractivity contribution is 5.69. The van der Waals surface area contributed by atoms with Gasteiger partial charge in [-0.15, -0.1) is 0 Å². The van der Waals surface area contributed by atoms with Crippen LogP contribution in [0.4, 0.5) is 10.5 Å². The minimum Gasteiger partial charge on any atom is -0.502 e. The predicted molar refractivity (Wildman–Crippen MR) is 65.8 cm³/mol. The number of phenolic OH excluding ortho intramolecular Hbond substituents is 1. The van der Waals surface area contributed by atoms with Crippen LogP contribution in [-0.2, 0) is 4.74 Å². The first-order valence-corrected chi connectivity index (χ1v) is 5.72. The second-order valence-corrected chi connectivity index (χ2v) is 5.15. The zero-order valence-corrected chi connectivity index (χ0v) is 10.5. The third kappa shape index (κ3) is 2.44. The highest BCUT2D eigenvalue weighted by Gasteiger charge is 2.38. The van der Waals surface area contributed by atoms with Gasteiger partial charge in [0, 0.05) is 11.5 Å². The first-order valence-electron chi connectivity index (χ1n) is 5.72. The first-order chi connectivity index (χ1) is 8.81. The summed E-state index contributed by atoms with van der Waals surface area (Å²) in [5.74, 6) is -0.398. The molecule has 1 saturated heterocycles. The minimum atomic E-state index is -0.660. The highest BCUT2D eigenvalue weighted by atomic mass is 16.6. The number of rotatable bonds is 2. The van der Waals surface area contributed by atoms with Crippen LogP contribution in [0.25, 0.3) is 0 Å². The summed E-state index contributed by atoms with van der Waals surface area (Å²) >= 11 is 0. The number of amides is 1. The van der Waals surface area contributed by atoms with Crippen LogP contribution < -0.4 is 5.32 Å². The summed E-state index contributed by atoms with van der Waals surface area (Å²) in [4.78, 5) is 21.5. The molecule has 0 unspecified atom stereocenters. The fourth-order valence-electron chi connectivity index (χ4n) is 2.09. The number of nitrogens with zero attached hydrogens (tertiary/aromatic N) is 1. The van der Waals surface area contributed by atoms with Gasteiger partial charge in [-0.25, -0.2) is 4.79 Å². The van der Waals surface area contributed by atoms with E-state index in [1.807, 2.05) is 13.8 Å². The number of aromatic hydroxyl groups is 1. The number of ether oxygens (including phenoxy) is 1. The van der Waals surface area contributed by atoms with Crippen LogP contribution in [0.3, 0.4) is 0 Å². The molecule has 19 heavy (non-hydrogen) atoms. The topological polar surface area (TPSA) is 102 Å². The molecule has 1 amide bonds. The number of carbonyl (C=O) groups excluding carboxylic acids is 1. The molecule has 0 bridgehead atoms. The summed E-state index contributed by atoms with van der Waals surface area (Å²) in [5, 5.41) is 22.9. The van der Waals surface area contributed by atoms with Crippen molar-refractivity contribution in [1.82, 2.24) is 5.32 Å². The number of benzene rings is 1. The lowest BCUT2D eigenvalue weighted by molar-refractivity contribution is -0.386. The molecule has 1 aliphatic heterocycles. The number of nitro benzene ring substituents is 1. The van der Waals surface area contributed by atoms with Gasteiger partial charge in [-0.3, -0.25) is 10.1 Å². The quantitative estimate of drug-likeness (QED) is 0.630. The Kier molecular flexibility index (Phi) is 3.05. The van der Waals surface area contributed by atoms with Crippen LogP contribution in [0, 0.1) is 15.5 Å². The maximum atomic E-state index is 11.3. The third-order valence-electron chi connectivity index (χ3n) is 3.15. The Balaban J connectivity index is 2.42. The maximum Gasteiger partial charge on any atom is 0.407 e. The van der Waals surface area contributed by atoms with E-state index in [2.05, 4.69) is 5.32 Å². The first kappa shape index (κ1) is 13.1. The van der Waals surface area contributed by atoms with E-state index in [1.165, 1.54) is 12.1 Å². The number of phenols is 1. The molecule has 1 atom stereocenters. The van der Waals surface area contributed by atoms with Gasteiger partial charge >= 0.3 is 11.8 Å². The van der Waals surface area contributed by atoms with Gasteiger partial charge in [-0.1, -0.05) is 19.9 Å². The molecule has 0 aromatic heterocycles. The Morgan fingerprint density at radius 1 is 1.53 bits per heavy atom. The molecule has 7 nitrogen and oxygen atoms in total. The molecule has 0 radical (unpaired) electrons. The van der Waals surface area contributed by atoms with Crippen molar-refractivity contribution in [1.29, 1.82) is 0 Å². The Hall–Kier alpha value is -2.31. The standard InChI is InChI=1S/C12H14N2O5/c1-12(2)6-19-11(16)13-10(12)7-3-4-9(15)8(5-7)14(17)18/h3-5,10,15H,6H2,1-2H3,(H,13,16)/t10-/m0/s1. The van der Waals surface area contributed by atoms with Crippen molar-refractivity contribution in [2.45, 2.75) is 19.9 Å². The lowest BCUT2D eigenvalue weighted by Gasteiger charge is -2.38. The van der Waals surface area contributed by atoms with Crippen molar-refractivity contribution in [3.63, 3.8) is 0 Å².